The molecule has 50 valence electrons. The van der Waals surface area contributed by atoms with Crippen LogP contribution in [0.2, 0.25) is 0 Å². The zero-order valence-corrected chi connectivity index (χ0v) is 4.85. The molecule has 0 aliphatic rings. The van der Waals surface area contributed by atoms with Crippen LogP contribution in [0.3, 0.4) is 0 Å². The van der Waals surface area contributed by atoms with Gasteiger partial charge in [-0.25, -0.2) is 0 Å². The van der Waals surface area contributed by atoms with Crippen molar-refractivity contribution in [1.29, 1.82) is 0 Å². The van der Waals surface area contributed by atoms with Gasteiger partial charge < -0.3 is 0 Å². The molecular weight excluding hydrogens is 139 g/mol. The number of hydrogen-bond acceptors (Lipinski definition) is 2. The van der Waals surface area contributed by atoms with E-state index in [4.69, 9.17) is 5.14 Å². The van der Waals surface area contributed by atoms with E-state index < -0.39 is 12.6 Å². The van der Waals surface area contributed by atoms with Crippen LogP contribution in [0.1, 0.15) is 6.42 Å². The lowest BCUT2D eigenvalue weighted by atomic mass is 10.5. The molecule has 0 heterocycles. The summed E-state index contributed by atoms with van der Waals surface area (Å²) in [6.07, 6.45) is -4.85. The molecule has 0 aromatic heterocycles. The molecule has 0 unspecified atom stereocenters. The van der Waals surface area contributed by atoms with Gasteiger partial charge in [-0.2, -0.15) is 13.2 Å². The Morgan fingerprint density at radius 3 is 2.00 bits per heavy atom. The molecule has 0 rings (SSSR count). The quantitative estimate of drug-likeness (QED) is 0.596. The lowest BCUT2D eigenvalue weighted by Gasteiger charge is -2.01. The van der Waals surface area contributed by atoms with Crippen molar-refractivity contribution in [1.82, 2.24) is 0 Å². The highest BCUT2D eigenvalue weighted by atomic mass is 32.2. The highest BCUT2D eigenvalue weighted by Gasteiger charge is 2.25. The third kappa shape index (κ3) is 6.10. The molecule has 0 radical (unpaired) electrons. The van der Waals surface area contributed by atoms with Crippen LogP contribution in [-0.2, 0) is 0 Å². The number of halogens is 3. The van der Waals surface area contributed by atoms with Gasteiger partial charge >= 0.3 is 6.18 Å². The summed E-state index contributed by atoms with van der Waals surface area (Å²) in [5.74, 6) is -0.0521. The maximum absolute atomic E-state index is 11.2. The number of nitrogens with two attached hydrogens (primary N) is 1. The Morgan fingerprint density at radius 1 is 1.38 bits per heavy atom. The first-order valence-corrected chi connectivity index (χ1v) is 2.99. The van der Waals surface area contributed by atoms with Gasteiger partial charge in [0.2, 0.25) is 0 Å². The lowest BCUT2D eigenvalue weighted by Crippen LogP contribution is -2.08. The molecule has 0 saturated carbocycles. The smallest absolute Gasteiger partial charge is 0.278 e. The predicted octanol–water partition coefficient (Wildman–Crippen LogP) is 1.55. The van der Waals surface area contributed by atoms with Crippen molar-refractivity contribution in [2.24, 2.45) is 5.14 Å². The fourth-order valence-electron chi connectivity index (χ4n) is 0.175. The highest BCUT2D eigenvalue weighted by molar-refractivity contribution is 7.97. The zero-order valence-electron chi connectivity index (χ0n) is 4.03. The second-order valence-corrected chi connectivity index (χ2v) is 1.98. The van der Waals surface area contributed by atoms with E-state index in [2.05, 4.69) is 0 Å². The Bertz CT molecular complexity index is 62.0. The second-order valence-electron chi connectivity index (χ2n) is 1.24. The molecule has 2 N–H and O–H groups in total. The molecule has 0 spiro atoms. The third-order valence-corrected chi connectivity index (χ3v) is 0.943. The van der Waals surface area contributed by atoms with Crippen LogP contribution in [0.5, 0.6) is 0 Å². The van der Waals surface area contributed by atoms with Crippen molar-refractivity contribution < 1.29 is 13.2 Å². The van der Waals surface area contributed by atoms with Crippen molar-refractivity contribution in [2.75, 3.05) is 5.75 Å². The first kappa shape index (κ1) is 8.10. The van der Waals surface area contributed by atoms with Crippen LogP contribution in [0.25, 0.3) is 0 Å². The van der Waals surface area contributed by atoms with E-state index >= 15 is 0 Å². The summed E-state index contributed by atoms with van der Waals surface area (Å²) < 4.78 is 33.5. The fraction of sp³-hybridized carbons (Fsp3) is 1.00. The van der Waals surface area contributed by atoms with Gasteiger partial charge in [-0.3, -0.25) is 5.14 Å². The van der Waals surface area contributed by atoms with Gasteiger partial charge in [0.1, 0.15) is 0 Å². The molecule has 0 aliphatic heterocycles. The molecule has 0 fully saturated rings. The van der Waals surface area contributed by atoms with Gasteiger partial charge in [-0.15, -0.1) is 0 Å². The summed E-state index contributed by atoms with van der Waals surface area (Å²) >= 11 is 0.708. The molecular formula is C3H6F3NS. The number of hydrogen-bond donors (Lipinski definition) is 1. The topological polar surface area (TPSA) is 26.0 Å². The fourth-order valence-corrected chi connectivity index (χ4v) is 0.524. The minimum atomic E-state index is -4.05. The summed E-state index contributed by atoms with van der Waals surface area (Å²) in [7, 11) is 0. The van der Waals surface area contributed by atoms with E-state index in [0.717, 1.165) is 0 Å². The molecule has 5 heteroatoms. The highest BCUT2D eigenvalue weighted by Crippen LogP contribution is 2.20. The average molecular weight is 145 g/mol. The van der Waals surface area contributed by atoms with Gasteiger partial charge in [-0.05, 0) is 0 Å². The average Bonchev–Trinajstić information content (AvgIpc) is 1.59. The van der Waals surface area contributed by atoms with Gasteiger partial charge in [0, 0.05) is 5.75 Å². The van der Waals surface area contributed by atoms with Gasteiger partial charge in [0.15, 0.2) is 0 Å². The van der Waals surface area contributed by atoms with Crippen molar-refractivity contribution in [3.05, 3.63) is 0 Å². The first-order chi connectivity index (χ1) is 3.56. The third-order valence-electron chi connectivity index (χ3n) is 0.503. The van der Waals surface area contributed by atoms with Crippen LogP contribution in [0.4, 0.5) is 13.2 Å². The van der Waals surface area contributed by atoms with E-state index in [-0.39, 0.29) is 5.75 Å². The summed E-state index contributed by atoms with van der Waals surface area (Å²) in [5, 5.41) is 4.75. The minimum Gasteiger partial charge on any atom is -0.278 e. The summed E-state index contributed by atoms with van der Waals surface area (Å²) in [6, 6.07) is 0. The second kappa shape index (κ2) is 3.19. The van der Waals surface area contributed by atoms with Gasteiger partial charge in [0.05, 0.1) is 6.42 Å². The molecule has 0 aromatic rings. The van der Waals surface area contributed by atoms with E-state index in [9.17, 15) is 13.2 Å². The van der Waals surface area contributed by atoms with Crippen LogP contribution in [-0.4, -0.2) is 11.9 Å². The maximum Gasteiger partial charge on any atom is 0.389 e. The SMILES string of the molecule is NSCCC(F)(F)F. The Morgan fingerprint density at radius 2 is 1.88 bits per heavy atom. The van der Waals surface area contributed by atoms with Gasteiger partial charge in [-0.1, -0.05) is 11.9 Å². The lowest BCUT2D eigenvalue weighted by molar-refractivity contribution is -0.129. The molecule has 0 amide bonds. The number of alkyl halides is 3. The standard InChI is InChI=1S/C3H6F3NS/c4-3(5,6)1-2-8-7/h1-2,7H2. The Hall–Kier alpha value is 0.100. The summed E-state index contributed by atoms with van der Waals surface area (Å²) in [4.78, 5) is 0. The normalized spacial score (nSPS) is 12.0. The molecule has 0 atom stereocenters. The van der Waals surface area contributed by atoms with Crippen LogP contribution in [0, 0.1) is 0 Å². The van der Waals surface area contributed by atoms with Crippen molar-refractivity contribution >= 4 is 11.9 Å². The Labute approximate surface area is 49.6 Å². The van der Waals surface area contributed by atoms with Crippen molar-refractivity contribution in [3.63, 3.8) is 0 Å². The van der Waals surface area contributed by atoms with Crippen LogP contribution < -0.4 is 5.14 Å². The zero-order chi connectivity index (χ0) is 6.62. The summed E-state index contributed by atoms with van der Waals surface area (Å²) in [6.45, 7) is 0. The van der Waals surface area contributed by atoms with Crippen LogP contribution in [0.15, 0.2) is 0 Å². The van der Waals surface area contributed by atoms with E-state index in [1.165, 1.54) is 0 Å². The number of rotatable bonds is 2. The Balaban J connectivity index is 3.11. The molecule has 0 aliphatic carbocycles. The largest absolute Gasteiger partial charge is 0.389 e. The molecule has 0 bridgehead atoms. The molecule has 0 aromatic carbocycles. The van der Waals surface area contributed by atoms with E-state index in [1.54, 1.807) is 0 Å². The van der Waals surface area contributed by atoms with Crippen molar-refractivity contribution in [2.45, 2.75) is 12.6 Å². The predicted molar refractivity (Wildman–Crippen MR) is 27.3 cm³/mol. The van der Waals surface area contributed by atoms with Gasteiger partial charge in [0.25, 0.3) is 0 Å². The van der Waals surface area contributed by atoms with E-state index in [0.29, 0.717) is 11.9 Å². The molecule has 0 saturated heterocycles. The minimum absolute atomic E-state index is 0.0521. The maximum atomic E-state index is 11.2. The van der Waals surface area contributed by atoms with E-state index in [1.807, 2.05) is 0 Å². The Kier molecular flexibility index (Phi) is 3.23. The first-order valence-electron chi connectivity index (χ1n) is 1.94. The monoisotopic (exact) mass is 145 g/mol. The van der Waals surface area contributed by atoms with Crippen LogP contribution >= 0.6 is 11.9 Å². The molecule has 1 nitrogen and oxygen atoms in total. The molecule has 8 heavy (non-hydrogen) atoms. The summed E-state index contributed by atoms with van der Waals surface area (Å²) in [5.41, 5.74) is 0. The van der Waals surface area contributed by atoms with Crippen molar-refractivity contribution in [3.8, 4) is 0 Å².